The number of fused-ring (bicyclic) bond motifs is 13. The molecular weight excluding hydrogens is 601 g/mol. The molecule has 0 saturated heterocycles. The number of rotatable bonds is 2. The highest BCUT2D eigenvalue weighted by atomic mass is 32.1. The molecule has 10 aromatic rings. The Morgan fingerprint density at radius 1 is 0.458 bits per heavy atom. The first kappa shape index (κ1) is 26.4. The summed E-state index contributed by atoms with van der Waals surface area (Å²) in [6, 6.07) is 54.2. The molecule has 3 heteroatoms. The minimum absolute atomic E-state index is 0.0605. The molecule has 0 spiro atoms. The van der Waals surface area contributed by atoms with E-state index >= 15 is 0 Å². The molecule has 0 N–H and O–H groups in total. The lowest BCUT2D eigenvalue weighted by molar-refractivity contribution is 0.660. The van der Waals surface area contributed by atoms with Crippen LogP contribution in [0.4, 0.5) is 0 Å². The molecule has 0 fully saturated rings. The number of hydrogen-bond acceptors (Lipinski definition) is 1. The van der Waals surface area contributed by atoms with E-state index in [9.17, 15) is 0 Å². The van der Waals surface area contributed by atoms with Gasteiger partial charge in [0, 0.05) is 48.1 Å². The molecule has 226 valence electrons. The lowest BCUT2D eigenvalue weighted by Crippen LogP contribution is -2.15. The van der Waals surface area contributed by atoms with Crippen LogP contribution >= 0.6 is 11.3 Å². The van der Waals surface area contributed by atoms with Gasteiger partial charge in [-0.05, 0) is 70.8 Å². The number of hydrogen-bond donors (Lipinski definition) is 0. The van der Waals surface area contributed by atoms with Crippen LogP contribution in [-0.4, -0.2) is 9.13 Å². The summed E-state index contributed by atoms with van der Waals surface area (Å²) in [4.78, 5) is 0. The Balaban J connectivity index is 1.24. The van der Waals surface area contributed by atoms with Crippen molar-refractivity contribution in [2.45, 2.75) is 19.3 Å². The zero-order chi connectivity index (χ0) is 31.7. The molecule has 7 aromatic carbocycles. The van der Waals surface area contributed by atoms with Gasteiger partial charge in [0.05, 0.1) is 32.5 Å². The van der Waals surface area contributed by atoms with Crippen LogP contribution in [-0.2, 0) is 5.41 Å². The fraction of sp³-hybridized carbons (Fsp3) is 0.0667. The van der Waals surface area contributed by atoms with Gasteiger partial charge in [-0.15, -0.1) is 11.3 Å². The monoisotopic (exact) mass is 630 g/mol. The summed E-state index contributed by atoms with van der Waals surface area (Å²) >= 11 is 1.89. The molecule has 0 aliphatic heterocycles. The van der Waals surface area contributed by atoms with Crippen molar-refractivity contribution in [1.82, 2.24) is 9.13 Å². The summed E-state index contributed by atoms with van der Waals surface area (Å²) in [5, 5.41) is 7.83. The van der Waals surface area contributed by atoms with E-state index < -0.39 is 0 Å². The molecule has 2 nitrogen and oxygen atoms in total. The summed E-state index contributed by atoms with van der Waals surface area (Å²) in [5.41, 5.74) is 12.8. The predicted molar refractivity (Wildman–Crippen MR) is 206 cm³/mol. The number of benzene rings is 7. The van der Waals surface area contributed by atoms with Crippen LogP contribution in [0, 0.1) is 0 Å². The van der Waals surface area contributed by atoms with Gasteiger partial charge in [-0.1, -0.05) is 111 Å². The summed E-state index contributed by atoms with van der Waals surface area (Å²) in [6.45, 7) is 4.73. The number of aromatic nitrogens is 2. The molecule has 0 atom stereocenters. The van der Waals surface area contributed by atoms with Crippen LogP contribution in [0.15, 0.2) is 146 Å². The molecule has 0 unspecified atom stereocenters. The minimum Gasteiger partial charge on any atom is -0.309 e. The van der Waals surface area contributed by atoms with E-state index in [1.165, 1.54) is 97.4 Å². The average molecular weight is 631 g/mol. The molecule has 0 bridgehead atoms. The van der Waals surface area contributed by atoms with Gasteiger partial charge < -0.3 is 9.13 Å². The summed E-state index contributed by atoms with van der Waals surface area (Å²) in [7, 11) is 0. The van der Waals surface area contributed by atoms with Gasteiger partial charge in [-0.3, -0.25) is 0 Å². The van der Waals surface area contributed by atoms with Crippen molar-refractivity contribution in [3.05, 3.63) is 157 Å². The number of nitrogens with zero attached hydrogens (tertiary/aromatic N) is 2. The molecule has 0 radical (unpaired) electrons. The molecular formula is C45H30N2S. The summed E-state index contributed by atoms with van der Waals surface area (Å²) in [6.07, 6.45) is 0. The molecule has 11 rings (SSSR count). The first-order chi connectivity index (χ1) is 23.6. The maximum absolute atomic E-state index is 2.50. The largest absolute Gasteiger partial charge is 0.309 e. The summed E-state index contributed by atoms with van der Waals surface area (Å²) < 4.78 is 7.64. The Morgan fingerprint density at radius 3 is 1.85 bits per heavy atom. The van der Waals surface area contributed by atoms with E-state index in [0.29, 0.717) is 0 Å². The van der Waals surface area contributed by atoms with Crippen molar-refractivity contribution in [1.29, 1.82) is 0 Å². The molecule has 1 aliphatic carbocycles. The first-order valence-electron chi connectivity index (χ1n) is 16.7. The van der Waals surface area contributed by atoms with E-state index in [4.69, 9.17) is 0 Å². The van der Waals surface area contributed by atoms with E-state index in [1.807, 2.05) is 11.3 Å². The van der Waals surface area contributed by atoms with Gasteiger partial charge in [-0.25, -0.2) is 0 Å². The standard InChI is InChI=1S/C45H30N2S/c1-45(2)34-17-7-3-12-28(34)29-23-22-27(26-35(29)45)46-36-18-8-4-14-32(36)42-38(46)24-25-39-43(42)33-15-5-9-19-37(33)47(39)40-20-11-16-31-30-13-6-10-21-41(30)48-44(31)40/h3-26H,1-2H3. The highest BCUT2D eigenvalue weighted by molar-refractivity contribution is 7.26. The quantitative estimate of drug-likeness (QED) is 0.180. The topological polar surface area (TPSA) is 9.86 Å². The van der Waals surface area contributed by atoms with Crippen molar-refractivity contribution in [3.8, 4) is 22.5 Å². The van der Waals surface area contributed by atoms with Crippen molar-refractivity contribution in [2.24, 2.45) is 0 Å². The third-order valence-corrected chi connectivity index (χ3v) is 12.1. The first-order valence-corrected chi connectivity index (χ1v) is 17.5. The maximum atomic E-state index is 2.50. The second-order valence-electron chi connectivity index (χ2n) is 13.7. The zero-order valence-electron chi connectivity index (χ0n) is 26.7. The average Bonchev–Trinajstić information content (AvgIpc) is 3.84. The normalized spacial score (nSPS) is 13.8. The highest BCUT2D eigenvalue weighted by Crippen LogP contribution is 2.50. The van der Waals surface area contributed by atoms with E-state index in [0.717, 1.165) is 0 Å². The Labute approximate surface area is 281 Å². The second kappa shape index (κ2) is 9.25. The van der Waals surface area contributed by atoms with Crippen LogP contribution in [0.3, 0.4) is 0 Å². The van der Waals surface area contributed by atoms with Crippen molar-refractivity contribution >= 4 is 75.1 Å². The zero-order valence-corrected chi connectivity index (χ0v) is 27.5. The summed E-state index contributed by atoms with van der Waals surface area (Å²) in [5.74, 6) is 0. The van der Waals surface area contributed by atoms with E-state index in [-0.39, 0.29) is 5.41 Å². The molecule has 3 aromatic heterocycles. The SMILES string of the molecule is CC1(C)c2ccccc2-c2ccc(-n3c4ccccc4c4c5c6ccccc6n(-c6cccc7c6sc6ccccc67)c5ccc43)cc21. The Bertz CT molecular complexity index is 2980. The van der Waals surface area contributed by atoms with Crippen LogP contribution in [0.2, 0.25) is 0 Å². The van der Waals surface area contributed by atoms with Crippen LogP contribution in [0.5, 0.6) is 0 Å². The van der Waals surface area contributed by atoms with Gasteiger partial charge in [0.1, 0.15) is 0 Å². The van der Waals surface area contributed by atoms with Crippen molar-refractivity contribution in [3.63, 3.8) is 0 Å². The van der Waals surface area contributed by atoms with Crippen molar-refractivity contribution in [2.75, 3.05) is 0 Å². The van der Waals surface area contributed by atoms with Gasteiger partial charge in [0.25, 0.3) is 0 Å². The molecule has 0 saturated carbocycles. The lowest BCUT2D eigenvalue weighted by Gasteiger charge is -2.22. The highest BCUT2D eigenvalue weighted by Gasteiger charge is 2.35. The van der Waals surface area contributed by atoms with Gasteiger partial charge in [-0.2, -0.15) is 0 Å². The minimum atomic E-state index is -0.0605. The van der Waals surface area contributed by atoms with Gasteiger partial charge in [0.2, 0.25) is 0 Å². The Kier molecular flexibility index (Phi) is 5.09. The maximum Gasteiger partial charge on any atom is 0.0640 e. The third kappa shape index (κ3) is 3.27. The van der Waals surface area contributed by atoms with E-state index in [2.05, 4.69) is 169 Å². The lowest BCUT2D eigenvalue weighted by atomic mass is 9.82. The second-order valence-corrected chi connectivity index (χ2v) is 14.8. The number of para-hydroxylation sites is 2. The van der Waals surface area contributed by atoms with Crippen LogP contribution in [0.25, 0.3) is 86.3 Å². The molecule has 48 heavy (non-hydrogen) atoms. The van der Waals surface area contributed by atoms with Gasteiger partial charge >= 0.3 is 0 Å². The molecule has 1 aliphatic rings. The van der Waals surface area contributed by atoms with Gasteiger partial charge in [0.15, 0.2) is 0 Å². The van der Waals surface area contributed by atoms with Crippen LogP contribution in [0.1, 0.15) is 25.0 Å². The third-order valence-electron chi connectivity index (χ3n) is 10.9. The Hall–Kier alpha value is -5.64. The van der Waals surface area contributed by atoms with Crippen LogP contribution < -0.4 is 0 Å². The predicted octanol–water partition coefficient (Wildman–Crippen LogP) is 12.6. The van der Waals surface area contributed by atoms with Crippen molar-refractivity contribution < 1.29 is 0 Å². The number of thiophene rings is 1. The fourth-order valence-electron chi connectivity index (χ4n) is 8.80. The Morgan fingerprint density at radius 2 is 1.06 bits per heavy atom. The molecule has 3 heterocycles. The molecule has 0 amide bonds. The fourth-order valence-corrected chi connectivity index (χ4v) is 10.0. The van der Waals surface area contributed by atoms with E-state index in [1.54, 1.807) is 0 Å². The smallest absolute Gasteiger partial charge is 0.0640 e.